The third kappa shape index (κ3) is 1.89. The van der Waals surface area contributed by atoms with Crippen molar-refractivity contribution in [1.29, 1.82) is 0 Å². The highest BCUT2D eigenvalue weighted by Crippen LogP contribution is 2.64. The van der Waals surface area contributed by atoms with Crippen molar-refractivity contribution in [1.82, 2.24) is 0 Å². The van der Waals surface area contributed by atoms with Gasteiger partial charge in [0.1, 0.15) is 0 Å². The van der Waals surface area contributed by atoms with Crippen LogP contribution in [-0.4, -0.2) is 11.4 Å². The van der Waals surface area contributed by atoms with Crippen molar-refractivity contribution in [2.45, 2.75) is 70.7 Å². The van der Waals surface area contributed by atoms with Crippen molar-refractivity contribution in [2.75, 3.05) is 0 Å². The van der Waals surface area contributed by atoms with E-state index in [0.29, 0.717) is 11.3 Å². The molecule has 0 N–H and O–H groups in total. The van der Waals surface area contributed by atoms with E-state index in [1.54, 1.807) is 0 Å². The van der Waals surface area contributed by atoms with Gasteiger partial charge >= 0.3 is 0 Å². The summed E-state index contributed by atoms with van der Waals surface area (Å²) in [5.74, 6) is 3.18. The van der Waals surface area contributed by atoms with Gasteiger partial charge in [-0.25, -0.2) is 0 Å². The number of hydrogen-bond donors (Lipinski definition) is 0. The summed E-state index contributed by atoms with van der Waals surface area (Å²) < 4.78 is 6.46. The summed E-state index contributed by atoms with van der Waals surface area (Å²) in [7, 11) is 2.88. The first-order chi connectivity index (χ1) is 7.95. The smallest absolute Gasteiger partial charge is 0.0713 e. The van der Waals surface area contributed by atoms with Gasteiger partial charge in [0, 0.05) is 0 Å². The summed E-state index contributed by atoms with van der Waals surface area (Å²) >= 11 is 0. The molecule has 4 fully saturated rings. The molecular formula is C15H27OP. The van der Waals surface area contributed by atoms with E-state index in [1.807, 2.05) is 0 Å². The molecule has 1 nitrogen and oxygen atoms in total. The topological polar surface area (TPSA) is 9.23 Å². The van der Waals surface area contributed by atoms with Crippen LogP contribution >= 0.6 is 9.24 Å². The largest absolute Gasteiger partial charge is 0.368 e. The lowest BCUT2D eigenvalue weighted by molar-refractivity contribution is -0.210. The second-order valence-corrected chi connectivity index (χ2v) is 8.16. The molecule has 0 saturated heterocycles. The van der Waals surface area contributed by atoms with Gasteiger partial charge in [-0.2, -0.15) is 0 Å². The zero-order valence-electron chi connectivity index (χ0n) is 11.5. The van der Waals surface area contributed by atoms with Gasteiger partial charge in [-0.15, -0.1) is 9.24 Å². The minimum absolute atomic E-state index is 0.258. The van der Waals surface area contributed by atoms with Crippen LogP contribution in [0.5, 0.6) is 0 Å². The second kappa shape index (κ2) is 3.94. The molecule has 0 heterocycles. The van der Waals surface area contributed by atoms with Crippen LogP contribution in [0.15, 0.2) is 0 Å². The summed E-state index contributed by atoms with van der Waals surface area (Å²) in [4.78, 5) is 0. The van der Waals surface area contributed by atoms with E-state index in [2.05, 4.69) is 30.0 Å². The molecule has 0 aromatic carbocycles. The molecule has 0 spiro atoms. The molecule has 0 aliphatic heterocycles. The molecule has 4 aliphatic carbocycles. The lowest BCUT2D eigenvalue weighted by atomic mass is 9.45. The van der Waals surface area contributed by atoms with Crippen molar-refractivity contribution in [3.8, 4) is 0 Å². The maximum atomic E-state index is 6.46. The van der Waals surface area contributed by atoms with Gasteiger partial charge in [0.2, 0.25) is 0 Å². The van der Waals surface area contributed by atoms with E-state index < -0.39 is 0 Å². The minimum atomic E-state index is 0.258. The van der Waals surface area contributed by atoms with E-state index in [-0.39, 0.29) is 5.60 Å². The maximum Gasteiger partial charge on any atom is 0.0713 e. The molecule has 0 aromatic rings. The molecule has 4 aliphatic rings. The first kappa shape index (κ1) is 12.4. The van der Waals surface area contributed by atoms with E-state index in [1.165, 1.54) is 32.1 Å². The average Bonchev–Trinajstić information content (AvgIpc) is 2.25. The zero-order chi connectivity index (χ0) is 12.3. The molecule has 0 aromatic heterocycles. The van der Waals surface area contributed by atoms with Gasteiger partial charge in [0.15, 0.2) is 0 Å². The van der Waals surface area contributed by atoms with Crippen molar-refractivity contribution in [2.24, 2.45) is 23.2 Å². The van der Waals surface area contributed by atoms with Gasteiger partial charge < -0.3 is 4.74 Å². The lowest BCUT2D eigenvalue weighted by Crippen LogP contribution is -2.59. The molecule has 4 atom stereocenters. The minimum Gasteiger partial charge on any atom is -0.368 e. The van der Waals surface area contributed by atoms with Crippen LogP contribution in [0.2, 0.25) is 0 Å². The molecule has 4 saturated carbocycles. The average molecular weight is 254 g/mol. The molecule has 4 rings (SSSR count). The highest BCUT2D eigenvalue weighted by atomic mass is 31.0. The summed E-state index contributed by atoms with van der Waals surface area (Å²) in [5, 5.41) is 0. The summed E-state index contributed by atoms with van der Waals surface area (Å²) in [5.41, 5.74) is 0.834. The molecule has 2 heteroatoms. The Morgan fingerprint density at radius 3 is 2.29 bits per heavy atom. The Bertz CT molecular complexity index is 294. The first-order valence-electron chi connectivity index (χ1n) is 7.38. The van der Waals surface area contributed by atoms with Crippen LogP contribution in [0.25, 0.3) is 0 Å². The third-order valence-electron chi connectivity index (χ3n) is 6.04. The van der Waals surface area contributed by atoms with Gasteiger partial charge in [0.05, 0.1) is 11.4 Å². The summed E-state index contributed by atoms with van der Waals surface area (Å²) in [6.07, 6.45) is 8.08. The van der Waals surface area contributed by atoms with E-state index in [9.17, 15) is 0 Å². The van der Waals surface area contributed by atoms with E-state index in [0.717, 1.165) is 24.2 Å². The number of rotatable bonds is 3. The molecule has 4 bridgehead atoms. The van der Waals surface area contributed by atoms with Gasteiger partial charge in [-0.3, -0.25) is 0 Å². The Morgan fingerprint density at radius 2 is 1.76 bits per heavy atom. The van der Waals surface area contributed by atoms with Gasteiger partial charge in [-0.05, 0) is 61.7 Å². The second-order valence-electron chi connectivity index (χ2n) is 7.41. The quantitative estimate of drug-likeness (QED) is 0.685. The van der Waals surface area contributed by atoms with Crippen molar-refractivity contribution in [3.63, 3.8) is 0 Å². The third-order valence-corrected chi connectivity index (χ3v) is 6.65. The maximum absolute atomic E-state index is 6.46. The van der Waals surface area contributed by atoms with Crippen molar-refractivity contribution < 1.29 is 4.74 Å². The van der Waals surface area contributed by atoms with Crippen LogP contribution in [-0.2, 0) is 4.74 Å². The fourth-order valence-electron chi connectivity index (χ4n) is 4.92. The SMILES string of the molecule is CCC(P)OC12CC3CC(C1)C(C)(C)C(C3)C2. The van der Waals surface area contributed by atoms with Crippen LogP contribution < -0.4 is 0 Å². The van der Waals surface area contributed by atoms with Crippen LogP contribution in [0.1, 0.15) is 59.3 Å². The number of hydrogen-bond acceptors (Lipinski definition) is 1. The first-order valence-corrected chi connectivity index (χ1v) is 8.05. The predicted octanol–water partition coefficient (Wildman–Crippen LogP) is 4.22. The summed E-state index contributed by atoms with van der Waals surface area (Å²) in [6, 6.07) is 0. The normalized spacial score (nSPS) is 48.4. The van der Waals surface area contributed by atoms with Crippen LogP contribution in [0.3, 0.4) is 0 Å². The highest BCUT2D eigenvalue weighted by Gasteiger charge is 2.59. The fraction of sp³-hybridized carbons (Fsp3) is 1.00. The standard InChI is InChI=1S/C15H27OP/c1-4-13(17)16-15-7-10-5-11(8-15)14(2,3)12(6-10)9-15/h10-13H,4-9,17H2,1-3H3. The monoisotopic (exact) mass is 254 g/mol. The molecule has 0 radical (unpaired) electrons. The Hall–Kier alpha value is 0.390. The Balaban J connectivity index is 1.82. The zero-order valence-corrected chi connectivity index (χ0v) is 12.7. The molecule has 98 valence electrons. The van der Waals surface area contributed by atoms with E-state index >= 15 is 0 Å². The van der Waals surface area contributed by atoms with Crippen molar-refractivity contribution in [3.05, 3.63) is 0 Å². The molecule has 4 unspecified atom stereocenters. The Morgan fingerprint density at radius 1 is 1.18 bits per heavy atom. The number of ether oxygens (including phenoxy) is 1. The Labute approximate surface area is 108 Å². The van der Waals surface area contributed by atoms with Crippen LogP contribution in [0.4, 0.5) is 0 Å². The van der Waals surface area contributed by atoms with E-state index in [4.69, 9.17) is 4.74 Å². The molecular weight excluding hydrogens is 227 g/mol. The molecule has 17 heavy (non-hydrogen) atoms. The van der Waals surface area contributed by atoms with Crippen LogP contribution in [0, 0.1) is 23.2 Å². The van der Waals surface area contributed by atoms with Gasteiger partial charge in [0.25, 0.3) is 0 Å². The highest BCUT2D eigenvalue weighted by molar-refractivity contribution is 7.17. The summed E-state index contributed by atoms with van der Waals surface area (Å²) in [6.45, 7) is 7.24. The predicted molar refractivity (Wildman–Crippen MR) is 74.9 cm³/mol. The lowest BCUT2D eigenvalue weighted by Gasteiger charge is -2.63. The Kier molecular flexibility index (Phi) is 2.88. The van der Waals surface area contributed by atoms with Gasteiger partial charge in [-0.1, -0.05) is 20.8 Å². The molecule has 0 amide bonds. The fourth-order valence-corrected chi connectivity index (χ4v) is 5.21. The van der Waals surface area contributed by atoms with Crippen molar-refractivity contribution >= 4 is 9.24 Å².